The molecule has 21 heavy (non-hydrogen) atoms. The average Bonchev–Trinajstić information content (AvgIpc) is 3.01. The summed E-state index contributed by atoms with van der Waals surface area (Å²) in [4.78, 5) is 6.41. The molecule has 0 bridgehead atoms. The minimum atomic E-state index is 0.166. The SMILES string of the molecule is Cn1cc(-c2nc3c(s2)CCCC3CNC(C)(C)C)cn1. The third kappa shape index (κ3) is 3.35. The summed E-state index contributed by atoms with van der Waals surface area (Å²) in [6.07, 6.45) is 7.66. The van der Waals surface area contributed by atoms with E-state index >= 15 is 0 Å². The van der Waals surface area contributed by atoms with Gasteiger partial charge in [0.1, 0.15) is 5.01 Å². The van der Waals surface area contributed by atoms with Gasteiger partial charge in [-0.1, -0.05) is 0 Å². The fourth-order valence-corrected chi connectivity index (χ4v) is 3.95. The lowest BCUT2D eigenvalue weighted by atomic mass is 9.90. The topological polar surface area (TPSA) is 42.7 Å². The van der Waals surface area contributed by atoms with Crippen LogP contribution in [0, 0.1) is 0 Å². The molecule has 1 unspecified atom stereocenters. The summed E-state index contributed by atoms with van der Waals surface area (Å²) in [5.74, 6) is 0.551. The first-order valence-corrected chi connectivity index (χ1v) is 8.48. The molecule has 5 heteroatoms. The van der Waals surface area contributed by atoms with Gasteiger partial charge in [0, 0.05) is 41.7 Å². The molecule has 0 fully saturated rings. The van der Waals surface area contributed by atoms with Gasteiger partial charge in [-0.3, -0.25) is 4.68 Å². The predicted octanol–water partition coefficient (Wildman–Crippen LogP) is 3.35. The molecule has 1 N–H and O–H groups in total. The van der Waals surface area contributed by atoms with Crippen LogP contribution in [0.4, 0.5) is 0 Å². The van der Waals surface area contributed by atoms with Crippen LogP contribution in [0.1, 0.15) is 50.1 Å². The molecule has 1 atom stereocenters. The smallest absolute Gasteiger partial charge is 0.127 e. The summed E-state index contributed by atoms with van der Waals surface area (Å²) >= 11 is 1.85. The van der Waals surface area contributed by atoms with Gasteiger partial charge in [-0.05, 0) is 40.0 Å². The van der Waals surface area contributed by atoms with E-state index in [-0.39, 0.29) is 5.54 Å². The molecular weight excluding hydrogens is 280 g/mol. The minimum absolute atomic E-state index is 0.166. The van der Waals surface area contributed by atoms with Gasteiger partial charge < -0.3 is 5.32 Å². The van der Waals surface area contributed by atoms with Gasteiger partial charge in [0.2, 0.25) is 0 Å². The number of aryl methyl sites for hydroxylation is 2. The molecule has 0 spiro atoms. The number of rotatable bonds is 3. The zero-order valence-electron chi connectivity index (χ0n) is 13.3. The Kier molecular flexibility index (Phi) is 3.88. The van der Waals surface area contributed by atoms with Gasteiger partial charge in [0.25, 0.3) is 0 Å². The maximum atomic E-state index is 4.94. The second-order valence-electron chi connectivity index (χ2n) is 6.95. The summed E-state index contributed by atoms with van der Waals surface area (Å²) in [6.45, 7) is 7.68. The van der Waals surface area contributed by atoms with Crippen LogP contribution in [0.2, 0.25) is 0 Å². The monoisotopic (exact) mass is 304 g/mol. The number of fused-ring (bicyclic) bond motifs is 1. The van der Waals surface area contributed by atoms with Crippen molar-refractivity contribution in [3.05, 3.63) is 23.0 Å². The lowest BCUT2D eigenvalue weighted by Crippen LogP contribution is -2.39. The van der Waals surface area contributed by atoms with Crippen LogP contribution in [-0.2, 0) is 13.5 Å². The number of nitrogens with one attached hydrogen (secondary N) is 1. The molecule has 2 aromatic rings. The number of thiazole rings is 1. The Balaban J connectivity index is 1.83. The Morgan fingerprint density at radius 2 is 2.24 bits per heavy atom. The van der Waals surface area contributed by atoms with Crippen molar-refractivity contribution in [3.63, 3.8) is 0 Å². The van der Waals surface area contributed by atoms with Crippen molar-refractivity contribution < 1.29 is 0 Å². The molecule has 2 heterocycles. The summed E-state index contributed by atoms with van der Waals surface area (Å²) < 4.78 is 1.84. The minimum Gasteiger partial charge on any atom is -0.311 e. The fraction of sp³-hybridized carbons (Fsp3) is 0.625. The van der Waals surface area contributed by atoms with Gasteiger partial charge in [0.15, 0.2) is 0 Å². The maximum Gasteiger partial charge on any atom is 0.127 e. The second-order valence-corrected chi connectivity index (χ2v) is 8.03. The first-order chi connectivity index (χ1) is 9.92. The van der Waals surface area contributed by atoms with Crippen molar-refractivity contribution in [3.8, 4) is 10.6 Å². The Morgan fingerprint density at radius 3 is 2.90 bits per heavy atom. The Bertz CT molecular complexity index is 621. The van der Waals surface area contributed by atoms with Crippen LogP contribution >= 0.6 is 11.3 Å². The van der Waals surface area contributed by atoms with E-state index < -0.39 is 0 Å². The zero-order chi connectivity index (χ0) is 15.0. The molecule has 114 valence electrons. The van der Waals surface area contributed by atoms with Gasteiger partial charge in [-0.25, -0.2) is 4.98 Å². The molecule has 0 saturated heterocycles. The summed E-state index contributed by atoms with van der Waals surface area (Å²) in [5, 5.41) is 9.01. The lowest BCUT2D eigenvalue weighted by molar-refractivity contribution is 0.388. The molecule has 0 radical (unpaired) electrons. The van der Waals surface area contributed by atoms with Crippen molar-refractivity contribution in [2.24, 2.45) is 7.05 Å². The van der Waals surface area contributed by atoms with E-state index in [1.807, 2.05) is 35.5 Å². The van der Waals surface area contributed by atoms with Gasteiger partial charge in [0.05, 0.1) is 11.9 Å². The third-order valence-corrected chi connectivity index (χ3v) is 5.08. The van der Waals surface area contributed by atoms with Crippen LogP contribution in [0.5, 0.6) is 0 Å². The first kappa shape index (κ1) is 14.7. The van der Waals surface area contributed by atoms with Crippen LogP contribution in [-0.4, -0.2) is 26.8 Å². The standard InChI is InChI=1S/C16H24N4S/c1-16(2,3)17-8-11-6-5-7-13-14(11)19-15(21-13)12-9-18-20(4)10-12/h9-11,17H,5-8H2,1-4H3. The molecule has 0 aliphatic heterocycles. The largest absolute Gasteiger partial charge is 0.311 e. The lowest BCUT2D eigenvalue weighted by Gasteiger charge is -2.27. The van der Waals surface area contributed by atoms with E-state index in [0.29, 0.717) is 5.92 Å². The van der Waals surface area contributed by atoms with E-state index in [2.05, 4.69) is 31.2 Å². The van der Waals surface area contributed by atoms with E-state index in [0.717, 1.165) is 17.1 Å². The molecule has 3 rings (SSSR count). The number of hydrogen-bond acceptors (Lipinski definition) is 4. The average molecular weight is 304 g/mol. The van der Waals surface area contributed by atoms with E-state index in [1.54, 1.807) is 0 Å². The van der Waals surface area contributed by atoms with Gasteiger partial charge >= 0.3 is 0 Å². The number of nitrogens with zero attached hydrogens (tertiary/aromatic N) is 3. The fourth-order valence-electron chi connectivity index (χ4n) is 2.79. The first-order valence-electron chi connectivity index (χ1n) is 7.66. The highest BCUT2D eigenvalue weighted by Crippen LogP contribution is 2.38. The van der Waals surface area contributed by atoms with E-state index in [9.17, 15) is 0 Å². The molecule has 0 saturated carbocycles. The maximum absolute atomic E-state index is 4.94. The molecule has 1 aliphatic rings. The molecule has 1 aliphatic carbocycles. The number of hydrogen-bond donors (Lipinski definition) is 1. The predicted molar refractivity (Wildman–Crippen MR) is 87.8 cm³/mol. The molecule has 0 aromatic carbocycles. The Hall–Kier alpha value is -1.20. The van der Waals surface area contributed by atoms with Crippen molar-refractivity contribution in [1.82, 2.24) is 20.1 Å². The summed E-state index contributed by atoms with van der Waals surface area (Å²) in [5.41, 5.74) is 2.63. The molecule has 0 amide bonds. The van der Waals surface area contributed by atoms with E-state index in [4.69, 9.17) is 4.98 Å². The van der Waals surface area contributed by atoms with Crippen molar-refractivity contribution in [2.45, 2.75) is 51.5 Å². The highest BCUT2D eigenvalue weighted by molar-refractivity contribution is 7.15. The third-order valence-electron chi connectivity index (χ3n) is 3.90. The van der Waals surface area contributed by atoms with Crippen LogP contribution in [0.15, 0.2) is 12.4 Å². The van der Waals surface area contributed by atoms with Crippen molar-refractivity contribution in [1.29, 1.82) is 0 Å². The molecular formula is C16H24N4S. The second kappa shape index (κ2) is 5.54. The quantitative estimate of drug-likeness (QED) is 0.945. The molecule has 2 aromatic heterocycles. The van der Waals surface area contributed by atoms with Crippen LogP contribution in [0.3, 0.4) is 0 Å². The van der Waals surface area contributed by atoms with E-state index in [1.165, 1.54) is 29.8 Å². The number of aromatic nitrogens is 3. The van der Waals surface area contributed by atoms with Crippen LogP contribution < -0.4 is 5.32 Å². The highest BCUT2D eigenvalue weighted by atomic mass is 32.1. The zero-order valence-corrected chi connectivity index (χ0v) is 14.1. The summed E-state index contributed by atoms with van der Waals surface area (Å²) in [6, 6.07) is 0. The van der Waals surface area contributed by atoms with Crippen molar-refractivity contribution >= 4 is 11.3 Å². The normalized spacial score (nSPS) is 18.8. The van der Waals surface area contributed by atoms with Gasteiger partial charge in [-0.15, -0.1) is 11.3 Å². The van der Waals surface area contributed by atoms with Crippen molar-refractivity contribution in [2.75, 3.05) is 6.54 Å². The van der Waals surface area contributed by atoms with Crippen LogP contribution in [0.25, 0.3) is 10.6 Å². The van der Waals surface area contributed by atoms with Gasteiger partial charge in [-0.2, -0.15) is 5.10 Å². The highest BCUT2D eigenvalue weighted by Gasteiger charge is 2.26. The summed E-state index contributed by atoms with van der Waals surface area (Å²) in [7, 11) is 1.95. The Labute approximate surface area is 130 Å². The molecule has 4 nitrogen and oxygen atoms in total. The Morgan fingerprint density at radius 1 is 1.43 bits per heavy atom.